The number of unbranched alkanes of at least 4 members (excludes halogenated alkanes) is 2. The Kier molecular flexibility index (Phi) is 5.26. The third kappa shape index (κ3) is 3.81. The van der Waals surface area contributed by atoms with E-state index in [9.17, 15) is 9.50 Å². The Morgan fingerprint density at radius 3 is 2.75 bits per heavy atom. The van der Waals surface area contributed by atoms with Crippen LogP contribution in [0.4, 0.5) is 4.39 Å². The van der Waals surface area contributed by atoms with E-state index in [0.717, 1.165) is 19.3 Å². The molecule has 0 aliphatic rings. The van der Waals surface area contributed by atoms with Gasteiger partial charge in [0.15, 0.2) is 0 Å². The van der Waals surface area contributed by atoms with Crippen molar-refractivity contribution in [1.82, 2.24) is 0 Å². The molecule has 0 aromatic heterocycles. The van der Waals surface area contributed by atoms with Gasteiger partial charge in [-0.1, -0.05) is 19.8 Å². The number of rotatable bonds is 6. The van der Waals surface area contributed by atoms with Crippen LogP contribution in [0.5, 0.6) is 5.75 Å². The number of aliphatic hydroxyl groups excluding tert-OH is 1. The lowest BCUT2D eigenvalue weighted by Gasteiger charge is -2.13. The van der Waals surface area contributed by atoms with Gasteiger partial charge in [-0.2, -0.15) is 0 Å². The number of hydrogen-bond donors (Lipinski definition) is 1. The Hall–Kier alpha value is -1.09. The normalized spacial score (nSPS) is 12.5. The van der Waals surface area contributed by atoms with Gasteiger partial charge >= 0.3 is 0 Å². The van der Waals surface area contributed by atoms with Gasteiger partial charge in [-0.25, -0.2) is 4.39 Å². The molecular formula is C13H19FO2. The van der Waals surface area contributed by atoms with Crippen molar-refractivity contribution in [3.8, 4) is 5.75 Å². The Morgan fingerprint density at radius 1 is 1.38 bits per heavy atom. The second kappa shape index (κ2) is 6.48. The van der Waals surface area contributed by atoms with E-state index in [1.165, 1.54) is 12.1 Å². The van der Waals surface area contributed by atoms with Crippen molar-refractivity contribution in [2.24, 2.45) is 0 Å². The van der Waals surface area contributed by atoms with Crippen molar-refractivity contribution in [3.63, 3.8) is 0 Å². The largest absolute Gasteiger partial charge is 0.493 e. The predicted octanol–water partition coefficient (Wildman–Crippen LogP) is 3.45. The second-order valence-electron chi connectivity index (χ2n) is 3.91. The lowest BCUT2D eigenvalue weighted by atomic mass is 10.1. The maximum atomic E-state index is 13.0. The van der Waals surface area contributed by atoms with Crippen molar-refractivity contribution in [2.45, 2.75) is 39.2 Å². The highest BCUT2D eigenvalue weighted by Gasteiger charge is 2.09. The maximum absolute atomic E-state index is 13.0. The molecule has 2 nitrogen and oxygen atoms in total. The summed E-state index contributed by atoms with van der Waals surface area (Å²) in [6.45, 7) is 4.33. The summed E-state index contributed by atoms with van der Waals surface area (Å²) in [6, 6.07) is 4.23. The minimum absolute atomic E-state index is 0.338. The van der Waals surface area contributed by atoms with Crippen LogP contribution in [0, 0.1) is 5.82 Å². The Bertz CT molecular complexity index is 324. The second-order valence-corrected chi connectivity index (χ2v) is 3.91. The van der Waals surface area contributed by atoms with Crippen LogP contribution in [-0.4, -0.2) is 11.7 Å². The fraction of sp³-hybridized carbons (Fsp3) is 0.538. The molecule has 0 saturated heterocycles. The molecule has 90 valence electrons. The number of aliphatic hydroxyl groups is 1. The molecule has 0 bridgehead atoms. The molecule has 0 amide bonds. The molecule has 3 heteroatoms. The summed E-state index contributed by atoms with van der Waals surface area (Å²) in [5, 5.41) is 9.50. The SMILES string of the molecule is CCCCCOc1cc(F)ccc1[C@H](C)O. The van der Waals surface area contributed by atoms with Gasteiger partial charge in [0.05, 0.1) is 12.7 Å². The van der Waals surface area contributed by atoms with Gasteiger partial charge in [-0.05, 0) is 25.5 Å². The van der Waals surface area contributed by atoms with E-state index in [1.54, 1.807) is 13.0 Å². The standard InChI is InChI=1S/C13H19FO2/c1-3-4-5-8-16-13-9-11(14)6-7-12(13)10(2)15/h6-7,9-10,15H,3-5,8H2,1-2H3/t10-/m0/s1. The molecular weight excluding hydrogens is 207 g/mol. The summed E-state index contributed by atoms with van der Waals surface area (Å²) in [5.41, 5.74) is 0.637. The topological polar surface area (TPSA) is 29.5 Å². The van der Waals surface area contributed by atoms with Crippen molar-refractivity contribution >= 4 is 0 Å². The van der Waals surface area contributed by atoms with Gasteiger partial charge in [0.2, 0.25) is 0 Å². The van der Waals surface area contributed by atoms with Gasteiger partial charge < -0.3 is 9.84 Å². The van der Waals surface area contributed by atoms with Crippen LogP contribution in [0.3, 0.4) is 0 Å². The molecule has 1 aromatic rings. The van der Waals surface area contributed by atoms with Crippen molar-refractivity contribution in [3.05, 3.63) is 29.6 Å². The smallest absolute Gasteiger partial charge is 0.127 e. The highest BCUT2D eigenvalue weighted by atomic mass is 19.1. The summed E-state index contributed by atoms with van der Waals surface area (Å²) in [7, 11) is 0. The molecule has 1 rings (SSSR count). The van der Waals surface area contributed by atoms with Crippen molar-refractivity contribution < 1.29 is 14.2 Å². The Labute approximate surface area is 96.1 Å². The van der Waals surface area contributed by atoms with Crippen molar-refractivity contribution in [2.75, 3.05) is 6.61 Å². The van der Waals surface area contributed by atoms with E-state index >= 15 is 0 Å². The number of ether oxygens (including phenoxy) is 1. The summed E-state index contributed by atoms with van der Waals surface area (Å²) < 4.78 is 18.5. The molecule has 0 fully saturated rings. The molecule has 0 aliphatic carbocycles. The van der Waals surface area contributed by atoms with Crippen LogP contribution in [0.25, 0.3) is 0 Å². The van der Waals surface area contributed by atoms with E-state index in [2.05, 4.69) is 6.92 Å². The molecule has 1 aromatic carbocycles. The van der Waals surface area contributed by atoms with Gasteiger partial charge in [-0.3, -0.25) is 0 Å². The molecule has 0 spiro atoms. The van der Waals surface area contributed by atoms with Crippen LogP contribution in [0.1, 0.15) is 44.8 Å². The molecule has 0 saturated carbocycles. The highest BCUT2D eigenvalue weighted by molar-refractivity contribution is 5.35. The van der Waals surface area contributed by atoms with E-state index in [1.807, 2.05) is 0 Å². The summed E-state index contributed by atoms with van der Waals surface area (Å²) >= 11 is 0. The molecule has 1 N–H and O–H groups in total. The lowest BCUT2D eigenvalue weighted by Crippen LogP contribution is -2.02. The molecule has 0 unspecified atom stereocenters. The fourth-order valence-electron chi connectivity index (χ4n) is 1.51. The maximum Gasteiger partial charge on any atom is 0.127 e. The van der Waals surface area contributed by atoms with Crippen LogP contribution in [-0.2, 0) is 0 Å². The molecule has 0 radical (unpaired) electrons. The van der Waals surface area contributed by atoms with E-state index < -0.39 is 6.10 Å². The molecule has 1 atom stereocenters. The third-order valence-electron chi connectivity index (χ3n) is 2.43. The summed E-state index contributed by atoms with van der Waals surface area (Å²) in [4.78, 5) is 0. The first-order valence-electron chi connectivity index (χ1n) is 5.75. The Morgan fingerprint density at radius 2 is 2.12 bits per heavy atom. The van der Waals surface area contributed by atoms with Crippen LogP contribution in [0.2, 0.25) is 0 Å². The van der Waals surface area contributed by atoms with Gasteiger partial charge in [0.25, 0.3) is 0 Å². The average Bonchev–Trinajstić information content (AvgIpc) is 2.24. The van der Waals surface area contributed by atoms with Crippen LogP contribution in [0.15, 0.2) is 18.2 Å². The van der Waals surface area contributed by atoms with Gasteiger partial charge in [-0.15, -0.1) is 0 Å². The first-order valence-corrected chi connectivity index (χ1v) is 5.75. The quantitative estimate of drug-likeness (QED) is 0.753. The number of hydrogen-bond acceptors (Lipinski definition) is 2. The zero-order valence-electron chi connectivity index (χ0n) is 9.87. The van der Waals surface area contributed by atoms with E-state index in [-0.39, 0.29) is 5.82 Å². The zero-order valence-corrected chi connectivity index (χ0v) is 9.87. The molecule has 0 heterocycles. The van der Waals surface area contributed by atoms with Crippen LogP contribution < -0.4 is 4.74 Å². The van der Waals surface area contributed by atoms with Crippen LogP contribution >= 0.6 is 0 Å². The third-order valence-corrected chi connectivity index (χ3v) is 2.43. The zero-order chi connectivity index (χ0) is 12.0. The minimum atomic E-state index is -0.637. The predicted molar refractivity (Wildman–Crippen MR) is 62.1 cm³/mol. The lowest BCUT2D eigenvalue weighted by molar-refractivity contribution is 0.190. The average molecular weight is 226 g/mol. The molecule has 0 aliphatic heterocycles. The first-order chi connectivity index (χ1) is 7.65. The van der Waals surface area contributed by atoms with E-state index in [4.69, 9.17) is 4.74 Å². The van der Waals surface area contributed by atoms with Gasteiger partial charge in [0.1, 0.15) is 11.6 Å². The van der Waals surface area contributed by atoms with E-state index in [0.29, 0.717) is 17.9 Å². The molecule has 16 heavy (non-hydrogen) atoms. The monoisotopic (exact) mass is 226 g/mol. The summed E-state index contributed by atoms with van der Waals surface area (Å²) in [6.07, 6.45) is 2.53. The summed E-state index contributed by atoms with van der Waals surface area (Å²) in [5.74, 6) is 0.112. The Balaban J connectivity index is 2.65. The van der Waals surface area contributed by atoms with Gasteiger partial charge in [0, 0.05) is 11.6 Å². The fourth-order valence-corrected chi connectivity index (χ4v) is 1.51. The minimum Gasteiger partial charge on any atom is -0.493 e. The first kappa shape index (κ1) is 13.0. The van der Waals surface area contributed by atoms with Crippen molar-refractivity contribution in [1.29, 1.82) is 0 Å². The highest BCUT2D eigenvalue weighted by Crippen LogP contribution is 2.26. The number of halogens is 1. The number of benzene rings is 1.